The van der Waals surface area contributed by atoms with Crippen molar-refractivity contribution in [1.29, 1.82) is 0 Å². The summed E-state index contributed by atoms with van der Waals surface area (Å²) in [5.74, 6) is -1.01. The van der Waals surface area contributed by atoms with E-state index in [1.54, 1.807) is 20.8 Å². The molecular formula is C14H27N3O3. The number of carbonyl (C=O) groups is 2. The molecule has 0 aromatic carbocycles. The molecule has 0 bridgehead atoms. The highest BCUT2D eigenvalue weighted by atomic mass is 16.4. The van der Waals surface area contributed by atoms with Crippen LogP contribution in [0.5, 0.6) is 0 Å². The van der Waals surface area contributed by atoms with Crippen molar-refractivity contribution in [3.05, 3.63) is 0 Å². The molecule has 1 heterocycles. The van der Waals surface area contributed by atoms with Gasteiger partial charge < -0.3 is 15.7 Å². The van der Waals surface area contributed by atoms with E-state index in [0.717, 1.165) is 13.1 Å². The monoisotopic (exact) mass is 285 g/mol. The molecule has 0 aliphatic carbocycles. The summed E-state index contributed by atoms with van der Waals surface area (Å²) in [5, 5.41) is 14.5. The molecule has 1 aliphatic heterocycles. The topological polar surface area (TPSA) is 81.7 Å². The van der Waals surface area contributed by atoms with Crippen LogP contribution in [0.3, 0.4) is 0 Å². The van der Waals surface area contributed by atoms with Crippen LogP contribution in [-0.4, -0.2) is 53.7 Å². The van der Waals surface area contributed by atoms with E-state index < -0.39 is 23.5 Å². The van der Waals surface area contributed by atoms with Gasteiger partial charge in [0.25, 0.3) is 0 Å². The molecule has 6 heteroatoms. The number of aliphatic carboxylic acids is 1. The predicted octanol–water partition coefficient (Wildman–Crippen LogP) is 1.27. The predicted molar refractivity (Wildman–Crippen MR) is 77.7 cm³/mol. The molecule has 20 heavy (non-hydrogen) atoms. The van der Waals surface area contributed by atoms with E-state index in [4.69, 9.17) is 5.11 Å². The molecule has 2 amide bonds. The van der Waals surface area contributed by atoms with Crippen molar-refractivity contribution in [1.82, 2.24) is 15.5 Å². The van der Waals surface area contributed by atoms with Crippen LogP contribution in [0.25, 0.3) is 0 Å². The Bertz CT molecular complexity index is 346. The summed E-state index contributed by atoms with van der Waals surface area (Å²) < 4.78 is 0. The fourth-order valence-corrected chi connectivity index (χ4v) is 2.38. The zero-order valence-corrected chi connectivity index (χ0v) is 12.9. The Hall–Kier alpha value is -1.30. The van der Waals surface area contributed by atoms with Crippen molar-refractivity contribution in [3.63, 3.8) is 0 Å². The number of carboxylic acids is 1. The molecule has 2 atom stereocenters. The van der Waals surface area contributed by atoms with Gasteiger partial charge in [-0.2, -0.15) is 0 Å². The molecule has 0 spiro atoms. The molecule has 0 aromatic rings. The number of nitrogens with zero attached hydrogens (tertiary/aromatic N) is 1. The first kappa shape index (κ1) is 16.8. The van der Waals surface area contributed by atoms with Gasteiger partial charge in [-0.15, -0.1) is 0 Å². The third-order valence-corrected chi connectivity index (χ3v) is 3.71. The van der Waals surface area contributed by atoms with Gasteiger partial charge in [0.15, 0.2) is 0 Å². The van der Waals surface area contributed by atoms with E-state index in [0.29, 0.717) is 6.54 Å². The summed E-state index contributed by atoms with van der Waals surface area (Å²) in [4.78, 5) is 25.3. The first-order valence-electron chi connectivity index (χ1n) is 7.23. The molecule has 2 unspecified atom stereocenters. The fraction of sp³-hybridized carbons (Fsp3) is 0.857. The van der Waals surface area contributed by atoms with Gasteiger partial charge in [0.1, 0.15) is 6.04 Å². The van der Waals surface area contributed by atoms with Gasteiger partial charge in [-0.05, 0) is 38.3 Å². The highest BCUT2D eigenvalue weighted by Crippen LogP contribution is 2.19. The number of hydrogen-bond acceptors (Lipinski definition) is 3. The molecule has 6 nitrogen and oxygen atoms in total. The van der Waals surface area contributed by atoms with Crippen molar-refractivity contribution in [3.8, 4) is 0 Å². The van der Waals surface area contributed by atoms with Crippen LogP contribution >= 0.6 is 0 Å². The number of amides is 2. The molecular weight excluding hydrogens is 258 g/mol. The summed E-state index contributed by atoms with van der Waals surface area (Å²) in [6, 6.07) is -1.04. The third-order valence-electron chi connectivity index (χ3n) is 3.71. The van der Waals surface area contributed by atoms with E-state index in [9.17, 15) is 9.59 Å². The first-order valence-corrected chi connectivity index (χ1v) is 7.23. The highest BCUT2D eigenvalue weighted by Gasteiger charge is 2.32. The van der Waals surface area contributed by atoms with E-state index in [1.165, 1.54) is 12.8 Å². The van der Waals surface area contributed by atoms with Crippen LogP contribution in [-0.2, 0) is 4.79 Å². The van der Waals surface area contributed by atoms with Gasteiger partial charge >= 0.3 is 12.0 Å². The highest BCUT2D eigenvalue weighted by molar-refractivity contribution is 5.83. The van der Waals surface area contributed by atoms with Crippen molar-refractivity contribution >= 4 is 12.0 Å². The van der Waals surface area contributed by atoms with Gasteiger partial charge in [-0.3, -0.25) is 4.90 Å². The molecule has 3 N–H and O–H groups in total. The number of hydrogen-bond donors (Lipinski definition) is 3. The Morgan fingerprint density at radius 2 is 1.80 bits per heavy atom. The van der Waals surface area contributed by atoms with Crippen molar-refractivity contribution in [2.24, 2.45) is 5.41 Å². The molecule has 116 valence electrons. The van der Waals surface area contributed by atoms with Crippen LogP contribution in [0.15, 0.2) is 0 Å². The number of carboxylic acid groups (broad SMARTS) is 1. The van der Waals surface area contributed by atoms with Gasteiger partial charge in [-0.1, -0.05) is 20.8 Å². The third kappa shape index (κ3) is 5.00. The molecule has 1 rings (SSSR count). The summed E-state index contributed by atoms with van der Waals surface area (Å²) in [7, 11) is 0. The van der Waals surface area contributed by atoms with E-state index in [2.05, 4.69) is 22.5 Å². The van der Waals surface area contributed by atoms with Crippen molar-refractivity contribution in [2.45, 2.75) is 52.6 Å². The van der Waals surface area contributed by atoms with Crippen LogP contribution in [0.4, 0.5) is 4.79 Å². The lowest BCUT2D eigenvalue weighted by atomic mass is 9.87. The molecule has 0 aromatic heterocycles. The SMILES string of the molecule is CC(CNC(=O)NC(C(=O)O)C(C)(C)C)N1CCCC1. The quantitative estimate of drug-likeness (QED) is 0.710. The lowest BCUT2D eigenvalue weighted by Crippen LogP contribution is -2.53. The second kappa shape index (κ2) is 6.92. The largest absolute Gasteiger partial charge is 0.480 e. The second-order valence-electron chi connectivity index (χ2n) is 6.58. The smallest absolute Gasteiger partial charge is 0.326 e. The Morgan fingerprint density at radius 3 is 2.25 bits per heavy atom. The Balaban J connectivity index is 2.40. The number of rotatable bonds is 5. The number of urea groups is 1. The van der Waals surface area contributed by atoms with Crippen molar-refractivity contribution in [2.75, 3.05) is 19.6 Å². The van der Waals surface area contributed by atoms with Crippen molar-refractivity contribution < 1.29 is 14.7 Å². The Labute approximate surface area is 120 Å². The molecule has 1 fully saturated rings. The summed E-state index contributed by atoms with van der Waals surface area (Å²) in [6.07, 6.45) is 2.42. The molecule has 1 aliphatic rings. The van der Waals surface area contributed by atoms with Gasteiger partial charge in [0, 0.05) is 12.6 Å². The van der Waals surface area contributed by atoms with Crippen LogP contribution in [0.2, 0.25) is 0 Å². The van der Waals surface area contributed by atoms with Crippen LogP contribution in [0, 0.1) is 5.41 Å². The van der Waals surface area contributed by atoms with Gasteiger partial charge in [-0.25, -0.2) is 9.59 Å². The van der Waals surface area contributed by atoms with E-state index in [-0.39, 0.29) is 6.04 Å². The molecule has 0 saturated carbocycles. The maximum atomic E-state index is 11.8. The standard InChI is InChI=1S/C14H27N3O3/c1-10(17-7-5-6-8-17)9-15-13(20)16-11(12(18)19)14(2,3)4/h10-11H,5-9H2,1-4H3,(H,18,19)(H2,15,16,20). The summed E-state index contributed by atoms with van der Waals surface area (Å²) in [6.45, 7) is 10.1. The minimum absolute atomic E-state index is 0.279. The van der Waals surface area contributed by atoms with Gasteiger partial charge in [0.05, 0.1) is 0 Å². The summed E-state index contributed by atoms with van der Waals surface area (Å²) in [5.41, 5.74) is -0.524. The average molecular weight is 285 g/mol. The normalized spacial score (nSPS) is 19.4. The Kier molecular flexibility index (Phi) is 5.80. The lowest BCUT2D eigenvalue weighted by Gasteiger charge is -2.28. The van der Waals surface area contributed by atoms with Gasteiger partial charge in [0.2, 0.25) is 0 Å². The van der Waals surface area contributed by atoms with E-state index in [1.807, 2.05) is 0 Å². The maximum absolute atomic E-state index is 11.8. The van der Waals surface area contributed by atoms with Crippen LogP contribution in [0.1, 0.15) is 40.5 Å². The number of likely N-dealkylation sites (tertiary alicyclic amines) is 1. The summed E-state index contributed by atoms with van der Waals surface area (Å²) >= 11 is 0. The van der Waals surface area contributed by atoms with Crippen LogP contribution < -0.4 is 10.6 Å². The second-order valence-corrected chi connectivity index (χ2v) is 6.58. The minimum Gasteiger partial charge on any atom is -0.480 e. The zero-order valence-electron chi connectivity index (χ0n) is 12.9. The number of carbonyl (C=O) groups excluding carboxylic acids is 1. The molecule has 0 radical (unpaired) electrons. The molecule has 1 saturated heterocycles. The fourth-order valence-electron chi connectivity index (χ4n) is 2.38. The Morgan fingerprint density at radius 1 is 1.25 bits per heavy atom. The number of nitrogens with one attached hydrogen (secondary N) is 2. The maximum Gasteiger partial charge on any atom is 0.326 e. The average Bonchev–Trinajstić information content (AvgIpc) is 2.84. The lowest BCUT2D eigenvalue weighted by molar-refractivity contribution is -0.141. The first-order chi connectivity index (χ1) is 9.21. The minimum atomic E-state index is -1.01. The van der Waals surface area contributed by atoms with E-state index >= 15 is 0 Å². The zero-order chi connectivity index (χ0) is 15.3.